The molecule has 1 aromatic heterocycles. The molecule has 0 spiro atoms. The van der Waals surface area contributed by atoms with E-state index in [9.17, 15) is 0 Å². The molecular weight excluding hydrogens is 168 g/mol. The molecule has 12 heavy (non-hydrogen) atoms. The summed E-state index contributed by atoms with van der Waals surface area (Å²) in [5.74, 6) is 0.545. The first kappa shape index (κ1) is 8.20. The van der Waals surface area contributed by atoms with Crippen LogP contribution in [0, 0.1) is 12.3 Å². The highest BCUT2D eigenvalue weighted by Crippen LogP contribution is 2.58. The molecule has 0 aliphatic heterocycles. The lowest BCUT2D eigenvalue weighted by molar-refractivity contribution is 0.601. The van der Waals surface area contributed by atoms with Gasteiger partial charge in [-0.1, -0.05) is 13.8 Å². The minimum Gasteiger partial charge on any atom is -0.327 e. The fourth-order valence-corrected chi connectivity index (χ4v) is 2.87. The normalized spacial score (nSPS) is 32.0. The van der Waals surface area contributed by atoms with E-state index in [4.69, 9.17) is 5.73 Å². The molecular formula is C9H14N2S. The van der Waals surface area contributed by atoms with E-state index >= 15 is 0 Å². The fourth-order valence-electron chi connectivity index (χ4n) is 1.74. The summed E-state index contributed by atoms with van der Waals surface area (Å²) < 4.78 is 0. The molecule has 1 aliphatic rings. The Balaban J connectivity index is 2.24. The smallest absolute Gasteiger partial charge is 0.0896 e. The van der Waals surface area contributed by atoms with Crippen molar-refractivity contribution in [2.75, 3.05) is 0 Å². The Labute approximate surface area is 76.8 Å². The Bertz CT molecular complexity index is 303. The van der Waals surface area contributed by atoms with Gasteiger partial charge in [-0.05, 0) is 12.3 Å². The van der Waals surface area contributed by atoms with Crippen molar-refractivity contribution in [3.8, 4) is 0 Å². The number of nitrogens with two attached hydrogens (primary N) is 1. The predicted octanol–water partition coefficient (Wildman–Crippen LogP) is 1.90. The topological polar surface area (TPSA) is 38.9 Å². The molecule has 0 aromatic carbocycles. The Hall–Kier alpha value is -0.410. The maximum Gasteiger partial charge on any atom is 0.0896 e. The lowest BCUT2D eigenvalue weighted by Gasteiger charge is -1.97. The van der Waals surface area contributed by atoms with Crippen molar-refractivity contribution >= 4 is 11.3 Å². The average molecular weight is 182 g/mol. The zero-order valence-corrected chi connectivity index (χ0v) is 8.48. The number of hydrogen-bond donors (Lipinski definition) is 1. The molecule has 0 radical (unpaired) electrons. The predicted molar refractivity (Wildman–Crippen MR) is 51.3 cm³/mol. The van der Waals surface area contributed by atoms with Crippen LogP contribution < -0.4 is 5.73 Å². The van der Waals surface area contributed by atoms with Crippen LogP contribution >= 0.6 is 11.3 Å². The van der Waals surface area contributed by atoms with Gasteiger partial charge in [-0.2, -0.15) is 0 Å². The summed E-state index contributed by atoms with van der Waals surface area (Å²) in [6, 6.07) is 0.331. The molecule has 0 unspecified atom stereocenters. The summed E-state index contributed by atoms with van der Waals surface area (Å²) in [7, 11) is 0. The van der Waals surface area contributed by atoms with Crippen molar-refractivity contribution in [1.82, 2.24) is 4.98 Å². The van der Waals surface area contributed by atoms with Crippen LogP contribution in [0.5, 0.6) is 0 Å². The Kier molecular flexibility index (Phi) is 1.57. The maximum absolute atomic E-state index is 5.96. The highest BCUT2D eigenvalue weighted by atomic mass is 32.1. The maximum atomic E-state index is 5.96. The zero-order valence-electron chi connectivity index (χ0n) is 7.66. The van der Waals surface area contributed by atoms with Crippen molar-refractivity contribution in [2.45, 2.75) is 32.7 Å². The number of nitrogens with zero attached hydrogens (tertiary/aromatic N) is 1. The largest absolute Gasteiger partial charge is 0.327 e. The van der Waals surface area contributed by atoms with Crippen LogP contribution in [0.4, 0.5) is 0 Å². The van der Waals surface area contributed by atoms with Gasteiger partial charge < -0.3 is 5.73 Å². The van der Waals surface area contributed by atoms with Crippen LogP contribution in [-0.2, 0) is 0 Å². The van der Waals surface area contributed by atoms with Crippen LogP contribution in [0.1, 0.15) is 29.7 Å². The Morgan fingerprint density at radius 3 is 2.50 bits per heavy atom. The second-order valence-corrected chi connectivity index (χ2v) is 5.37. The molecule has 1 heterocycles. The molecule has 1 aliphatic carbocycles. The van der Waals surface area contributed by atoms with Gasteiger partial charge in [-0.3, -0.25) is 0 Å². The SMILES string of the molecule is Cc1ncc([C@H]2[C@H](N)C2(C)C)s1. The first-order valence-electron chi connectivity index (χ1n) is 4.21. The van der Waals surface area contributed by atoms with Crippen molar-refractivity contribution in [2.24, 2.45) is 11.1 Å². The van der Waals surface area contributed by atoms with Gasteiger partial charge in [0.25, 0.3) is 0 Å². The van der Waals surface area contributed by atoms with Crippen LogP contribution in [-0.4, -0.2) is 11.0 Å². The van der Waals surface area contributed by atoms with Crippen LogP contribution in [0.15, 0.2) is 6.20 Å². The summed E-state index contributed by atoms with van der Waals surface area (Å²) in [5, 5.41) is 1.14. The minimum absolute atomic E-state index is 0.291. The van der Waals surface area contributed by atoms with E-state index in [0.717, 1.165) is 5.01 Å². The molecule has 3 heteroatoms. The molecule has 2 N–H and O–H groups in total. The highest BCUT2D eigenvalue weighted by Gasteiger charge is 2.56. The number of aryl methyl sites for hydroxylation is 1. The Morgan fingerprint density at radius 1 is 1.58 bits per heavy atom. The number of rotatable bonds is 1. The first-order chi connectivity index (χ1) is 5.53. The minimum atomic E-state index is 0.291. The number of aromatic nitrogens is 1. The van der Waals surface area contributed by atoms with Gasteiger partial charge in [0, 0.05) is 23.0 Å². The van der Waals surface area contributed by atoms with Crippen molar-refractivity contribution in [1.29, 1.82) is 0 Å². The molecule has 1 aromatic rings. The molecule has 1 fully saturated rings. The third-order valence-corrected chi connectivity index (χ3v) is 3.85. The molecule has 0 amide bonds. The molecule has 66 valence electrons. The molecule has 1 saturated carbocycles. The summed E-state index contributed by atoms with van der Waals surface area (Å²) >= 11 is 1.77. The summed E-state index contributed by atoms with van der Waals surface area (Å²) in [5.41, 5.74) is 6.26. The monoisotopic (exact) mass is 182 g/mol. The average Bonchev–Trinajstić information content (AvgIpc) is 2.38. The summed E-state index contributed by atoms with van der Waals surface area (Å²) in [4.78, 5) is 5.59. The van der Waals surface area contributed by atoms with Gasteiger partial charge in [0.2, 0.25) is 0 Å². The van der Waals surface area contributed by atoms with Gasteiger partial charge in [-0.25, -0.2) is 4.98 Å². The molecule has 0 saturated heterocycles. The third kappa shape index (κ3) is 1.00. The summed E-state index contributed by atoms with van der Waals surface area (Å²) in [6.45, 7) is 6.48. The van der Waals surface area contributed by atoms with E-state index in [1.165, 1.54) is 4.88 Å². The fraction of sp³-hybridized carbons (Fsp3) is 0.667. The van der Waals surface area contributed by atoms with Gasteiger partial charge in [0.15, 0.2) is 0 Å². The van der Waals surface area contributed by atoms with E-state index < -0.39 is 0 Å². The van der Waals surface area contributed by atoms with Crippen LogP contribution in [0.3, 0.4) is 0 Å². The van der Waals surface area contributed by atoms with E-state index in [1.807, 2.05) is 13.1 Å². The van der Waals surface area contributed by atoms with Crippen molar-refractivity contribution in [3.63, 3.8) is 0 Å². The zero-order chi connectivity index (χ0) is 8.93. The van der Waals surface area contributed by atoms with E-state index in [0.29, 0.717) is 17.4 Å². The van der Waals surface area contributed by atoms with E-state index in [-0.39, 0.29) is 0 Å². The van der Waals surface area contributed by atoms with Crippen LogP contribution in [0.2, 0.25) is 0 Å². The van der Waals surface area contributed by atoms with E-state index in [1.54, 1.807) is 11.3 Å². The third-order valence-electron chi connectivity index (χ3n) is 2.86. The lowest BCUT2D eigenvalue weighted by atomic mass is 10.1. The van der Waals surface area contributed by atoms with Gasteiger partial charge in [-0.15, -0.1) is 11.3 Å². The van der Waals surface area contributed by atoms with Gasteiger partial charge in [0.1, 0.15) is 0 Å². The summed E-state index contributed by atoms with van der Waals surface area (Å²) in [6.07, 6.45) is 1.97. The number of hydrogen-bond acceptors (Lipinski definition) is 3. The standard InChI is InChI=1S/C9H14N2S/c1-5-11-4-6(12-5)7-8(10)9(7,2)3/h4,7-8H,10H2,1-3H3/t7-,8-/m0/s1. The van der Waals surface area contributed by atoms with Gasteiger partial charge >= 0.3 is 0 Å². The van der Waals surface area contributed by atoms with E-state index in [2.05, 4.69) is 18.8 Å². The molecule has 2 nitrogen and oxygen atoms in total. The quantitative estimate of drug-likeness (QED) is 0.720. The molecule has 2 atom stereocenters. The second kappa shape index (κ2) is 2.30. The highest BCUT2D eigenvalue weighted by molar-refractivity contribution is 7.11. The number of thiazole rings is 1. The molecule has 2 rings (SSSR count). The molecule has 0 bridgehead atoms. The van der Waals surface area contributed by atoms with Crippen molar-refractivity contribution < 1.29 is 0 Å². The van der Waals surface area contributed by atoms with Gasteiger partial charge in [0.05, 0.1) is 5.01 Å². The lowest BCUT2D eigenvalue weighted by Crippen LogP contribution is -2.06. The van der Waals surface area contributed by atoms with Crippen LogP contribution in [0.25, 0.3) is 0 Å². The Morgan fingerprint density at radius 2 is 2.17 bits per heavy atom. The van der Waals surface area contributed by atoms with Crippen molar-refractivity contribution in [3.05, 3.63) is 16.1 Å². The first-order valence-corrected chi connectivity index (χ1v) is 5.03. The second-order valence-electron chi connectivity index (χ2n) is 4.11.